The highest BCUT2D eigenvalue weighted by atomic mass is 35.5. The number of hydrogen-bond acceptors (Lipinski definition) is 5. The Morgan fingerprint density at radius 2 is 1.97 bits per heavy atom. The van der Waals surface area contributed by atoms with Crippen LogP contribution >= 0.6 is 34.5 Å². The smallest absolute Gasteiger partial charge is 0.261 e. The van der Waals surface area contributed by atoms with Crippen LogP contribution < -0.4 is 5.32 Å². The number of benzene rings is 1. The number of amides is 1. The Morgan fingerprint density at radius 1 is 1.19 bits per heavy atom. The number of nitrogens with zero attached hydrogens (tertiary/aromatic N) is 4. The molecule has 2 aromatic heterocycles. The van der Waals surface area contributed by atoms with Crippen molar-refractivity contribution in [1.29, 1.82) is 0 Å². The summed E-state index contributed by atoms with van der Waals surface area (Å²) in [6, 6.07) is 7.42. The van der Waals surface area contributed by atoms with E-state index in [1.807, 2.05) is 29.8 Å². The van der Waals surface area contributed by atoms with Gasteiger partial charge in [-0.25, -0.2) is 0 Å². The molecule has 1 N–H and O–H groups in total. The van der Waals surface area contributed by atoms with Gasteiger partial charge in [0.2, 0.25) is 0 Å². The molecule has 0 spiro atoms. The van der Waals surface area contributed by atoms with E-state index in [1.54, 1.807) is 6.07 Å². The van der Waals surface area contributed by atoms with Crippen LogP contribution in [0.15, 0.2) is 24.3 Å². The Morgan fingerprint density at radius 3 is 2.71 bits per heavy atom. The second-order valence-corrected chi connectivity index (χ2v) is 9.94. The van der Waals surface area contributed by atoms with Crippen molar-refractivity contribution in [3.63, 3.8) is 0 Å². The monoisotopic (exact) mass is 479 g/mol. The summed E-state index contributed by atoms with van der Waals surface area (Å²) in [5.41, 5.74) is 1.85. The molecule has 31 heavy (non-hydrogen) atoms. The van der Waals surface area contributed by atoms with Gasteiger partial charge in [0.25, 0.3) is 5.91 Å². The molecule has 1 saturated heterocycles. The summed E-state index contributed by atoms with van der Waals surface area (Å²) in [7, 11) is 2.16. The largest absolute Gasteiger partial charge is 0.351 e. The molecule has 9 heteroatoms. The SMILES string of the molecule is Cc1nn(Cc2ccc(Cl)cc2Cl)c2sc(C(=O)NCCCN3CCN(C)CC3)cc12. The third-order valence-electron chi connectivity index (χ3n) is 5.70. The van der Waals surface area contributed by atoms with Crippen molar-refractivity contribution < 1.29 is 4.79 Å². The molecule has 0 saturated carbocycles. The number of likely N-dealkylation sites (N-methyl/N-ethyl adjacent to an activating group) is 1. The van der Waals surface area contributed by atoms with Gasteiger partial charge in [-0.2, -0.15) is 5.10 Å². The minimum absolute atomic E-state index is 0.0185. The van der Waals surface area contributed by atoms with Crippen LogP contribution in [0.2, 0.25) is 10.0 Å². The van der Waals surface area contributed by atoms with Crippen molar-refractivity contribution in [2.24, 2.45) is 0 Å². The minimum atomic E-state index is -0.0185. The van der Waals surface area contributed by atoms with Crippen LogP contribution in [0.1, 0.15) is 27.3 Å². The molecule has 1 aromatic carbocycles. The van der Waals surface area contributed by atoms with Gasteiger partial charge in [0.05, 0.1) is 17.1 Å². The van der Waals surface area contributed by atoms with E-state index in [-0.39, 0.29) is 5.91 Å². The predicted molar refractivity (Wildman–Crippen MR) is 129 cm³/mol. The van der Waals surface area contributed by atoms with Crippen LogP contribution in [0, 0.1) is 6.92 Å². The number of carbonyl (C=O) groups excluding carboxylic acids is 1. The number of hydrogen-bond donors (Lipinski definition) is 1. The number of carbonyl (C=O) groups is 1. The number of halogens is 2. The van der Waals surface area contributed by atoms with E-state index in [1.165, 1.54) is 11.3 Å². The van der Waals surface area contributed by atoms with E-state index in [0.29, 0.717) is 28.0 Å². The van der Waals surface area contributed by atoms with E-state index in [0.717, 1.165) is 60.6 Å². The van der Waals surface area contributed by atoms with Crippen molar-refractivity contribution in [2.75, 3.05) is 46.3 Å². The summed E-state index contributed by atoms with van der Waals surface area (Å²) >= 11 is 13.8. The highest BCUT2D eigenvalue weighted by Gasteiger charge is 2.17. The van der Waals surface area contributed by atoms with Crippen LogP contribution in [0.5, 0.6) is 0 Å². The third-order valence-corrected chi connectivity index (χ3v) is 7.43. The van der Waals surface area contributed by atoms with Crippen molar-refractivity contribution in [2.45, 2.75) is 19.9 Å². The van der Waals surface area contributed by atoms with E-state index in [4.69, 9.17) is 23.2 Å². The molecule has 0 aliphatic carbocycles. The average molecular weight is 480 g/mol. The fraction of sp³-hybridized carbons (Fsp3) is 0.455. The second kappa shape index (κ2) is 9.88. The van der Waals surface area contributed by atoms with Crippen LogP contribution in [0.4, 0.5) is 0 Å². The summed E-state index contributed by atoms with van der Waals surface area (Å²) in [4.78, 5) is 19.2. The maximum atomic E-state index is 12.7. The van der Waals surface area contributed by atoms with Crippen molar-refractivity contribution >= 4 is 50.7 Å². The van der Waals surface area contributed by atoms with Crippen molar-refractivity contribution in [3.8, 4) is 0 Å². The van der Waals surface area contributed by atoms with Crippen LogP contribution in [0.25, 0.3) is 10.2 Å². The summed E-state index contributed by atoms with van der Waals surface area (Å²) in [6.45, 7) is 8.65. The van der Waals surface area contributed by atoms with E-state index >= 15 is 0 Å². The fourth-order valence-electron chi connectivity index (χ4n) is 3.81. The first-order valence-electron chi connectivity index (χ1n) is 10.5. The Labute approximate surface area is 196 Å². The predicted octanol–water partition coefficient (Wildman–Crippen LogP) is 4.13. The molecular weight excluding hydrogens is 453 g/mol. The lowest BCUT2D eigenvalue weighted by Gasteiger charge is -2.32. The normalized spacial score (nSPS) is 15.6. The van der Waals surface area contributed by atoms with Crippen LogP contribution in [-0.4, -0.2) is 71.8 Å². The second-order valence-electron chi connectivity index (χ2n) is 8.06. The zero-order chi connectivity index (χ0) is 22.0. The number of piperazine rings is 1. The van der Waals surface area contributed by atoms with Crippen LogP contribution in [0.3, 0.4) is 0 Å². The molecule has 3 aromatic rings. The molecule has 1 aliphatic rings. The van der Waals surface area contributed by atoms with E-state index in [9.17, 15) is 4.79 Å². The molecule has 1 amide bonds. The molecule has 4 rings (SSSR count). The van der Waals surface area contributed by atoms with E-state index < -0.39 is 0 Å². The molecule has 166 valence electrons. The standard InChI is InChI=1S/C22H27Cl2N5OS/c1-15-18-13-20(21(30)25-6-3-7-28-10-8-27(2)9-11-28)31-22(18)29(26-15)14-16-4-5-17(23)12-19(16)24/h4-5,12-13H,3,6-11,14H2,1-2H3,(H,25,30). The molecule has 1 aliphatic heterocycles. The average Bonchev–Trinajstić information content (AvgIpc) is 3.30. The topological polar surface area (TPSA) is 53.4 Å². The lowest BCUT2D eigenvalue weighted by Crippen LogP contribution is -2.45. The number of rotatable bonds is 7. The van der Waals surface area contributed by atoms with Gasteiger partial charge in [-0.05, 0) is 50.7 Å². The van der Waals surface area contributed by atoms with Crippen molar-refractivity contribution in [3.05, 3.63) is 50.4 Å². The molecule has 1 fully saturated rings. The molecular formula is C22H27Cl2N5OS. The lowest BCUT2D eigenvalue weighted by molar-refractivity contribution is 0.0953. The molecule has 6 nitrogen and oxygen atoms in total. The minimum Gasteiger partial charge on any atom is -0.351 e. The maximum Gasteiger partial charge on any atom is 0.261 e. The van der Waals surface area contributed by atoms with Crippen LogP contribution in [-0.2, 0) is 6.54 Å². The highest BCUT2D eigenvalue weighted by Crippen LogP contribution is 2.30. The lowest BCUT2D eigenvalue weighted by atomic mass is 10.2. The van der Waals surface area contributed by atoms with Gasteiger partial charge in [0, 0.05) is 48.2 Å². The Hall–Kier alpha value is -1.64. The number of nitrogens with one attached hydrogen (secondary N) is 1. The van der Waals surface area contributed by atoms with E-state index in [2.05, 4.69) is 27.3 Å². The molecule has 0 bridgehead atoms. The van der Waals surface area contributed by atoms with Gasteiger partial charge >= 0.3 is 0 Å². The van der Waals surface area contributed by atoms with Crippen molar-refractivity contribution in [1.82, 2.24) is 24.9 Å². The zero-order valence-electron chi connectivity index (χ0n) is 17.8. The third kappa shape index (κ3) is 5.41. The Balaban J connectivity index is 1.37. The molecule has 0 unspecified atom stereocenters. The molecule has 3 heterocycles. The first-order valence-corrected chi connectivity index (χ1v) is 12.1. The maximum absolute atomic E-state index is 12.7. The zero-order valence-corrected chi connectivity index (χ0v) is 20.2. The molecule has 0 radical (unpaired) electrons. The highest BCUT2D eigenvalue weighted by molar-refractivity contribution is 7.20. The van der Waals surface area contributed by atoms with Gasteiger partial charge in [-0.3, -0.25) is 9.48 Å². The molecule has 0 atom stereocenters. The van der Waals surface area contributed by atoms with Gasteiger partial charge < -0.3 is 15.1 Å². The Bertz CT molecular complexity index is 1070. The Kier molecular flexibility index (Phi) is 7.19. The van der Waals surface area contributed by atoms with Gasteiger partial charge in [0.1, 0.15) is 4.83 Å². The summed E-state index contributed by atoms with van der Waals surface area (Å²) in [5.74, 6) is -0.0185. The van der Waals surface area contributed by atoms with Gasteiger partial charge in [0.15, 0.2) is 0 Å². The quantitative estimate of drug-likeness (QED) is 0.517. The number of fused-ring (bicyclic) bond motifs is 1. The summed E-state index contributed by atoms with van der Waals surface area (Å²) < 4.78 is 1.91. The fourth-order valence-corrected chi connectivity index (χ4v) is 5.35. The van der Waals surface area contributed by atoms with Gasteiger partial charge in [-0.1, -0.05) is 29.3 Å². The summed E-state index contributed by atoms with van der Waals surface area (Å²) in [6.07, 6.45) is 0.961. The number of thiophene rings is 1. The first-order chi connectivity index (χ1) is 14.9. The number of aromatic nitrogens is 2. The first kappa shape index (κ1) is 22.6. The number of aryl methyl sites for hydroxylation is 1. The summed E-state index contributed by atoms with van der Waals surface area (Å²) in [5, 5.41) is 9.94. The van der Waals surface area contributed by atoms with Gasteiger partial charge in [-0.15, -0.1) is 11.3 Å².